The molecule has 0 bridgehead atoms. The van der Waals surface area contributed by atoms with Gasteiger partial charge >= 0.3 is 0 Å². The molecule has 1 saturated heterocycles. The van der Waals surface area contributed by atoms with Crippen LogP contribution in [0.25, 0.3) is 6.08 Å². The zero-order valence-corrected chi connectivity index (χ0v) is 24.6. The predicted molar refractivity (Wildman–Crippen MR) is 160 cm³/mol. The van der Waals surface area contributed by atoms with Crippen molar-refractivity contribution in [2.75, 3.05) is 31.0 Å². The summed E-state index contributed by atoms with van der Waals surface area (Å²) in [6, 6.07) is 20.7. The average Bonchev–Trinajstić information content (AvgIpc) is 3.22. The number of aryl methyl sites for hydroxylation is 2. The fourth-order valence-electron chi connectivity index (χ4n) is 4.08. The van der Waals surface area contributed by atoms with Crippen molar-refractivity contribution in [1.82, 2.24) is 10.2 Å². The number of imide groups is 1. The number of thioether (sulfide) groups is 1. The Labute approximate surface area is 244 Å². The Balaban J connectivity index is 1.36. The molecule has 4 rings (SSSR count). The number of sulfonamides is 1. The molecule has 9 nitrogen and oxygen atoms in total. The van der Waals surface area contributed by atoms with Gasteiger partial charge in [-0.2, -0.15) is 0 Å². The van der Waals surface area contributed by atoms with Crippen LogP contribution in [0, 0.1) is 13.8 Å². The highest BCUT2D eigenvalue weighted by Crippen LogP contribution is 2.32. The van der Waals surface area contributed by atoms with Gasteiger partial charge in [-0.05, 0) is 73.6 Å². The molecular formula is C30H31N3O6S2. The molecule has 1 heterocycles. The van der Waals surface area contributed by atoms with E-state index < -0.39 is 27.1 Å². The van der Waals surface area contributed by atoms with Crippen molar-refractivity contribution in [3.05, 3.63) is 94.4 Å². The molecule has 0 saturated carbocycles. The molecule has 11 heteroatoms. The third-order valence-electron chi connectivity index (χ3n) is 6.42. The minimum atomic E-state index is -3.92. The van der Waals surface area contributed by atoms with Crippen LogP contribution >= 0.6 is 11.8 Å². The predicted octanol–water partition coefficient (Wildman–Crippen LogP) is 4.75. The van der Waals surface area contributed by atoms with Gasteiger partial charge in [-0.25, -0.2) is 8.42 Å². The van der Waals surface area contributed by atoms with Gasteiger partial charge in [0.15, 0.2) is 0 Å². The van der Waals surface area contributed by atoms with Crippen LogP contribution in [0.2, 0.25) is 0 Å². The summed E-state index contributed by atoms with van der Waals surface area (Å²) in [6.07, 6.45) is 1.52. The third kappa shape index (κ3) is 7.36. The van der Waals surface area contributed by atoms with Gasteiger partial charge in [0.25, 0.3) is 21.2 Å². The number of carbonyl (C=O) groups is 3. The lowest BCUT2D eigenvalue weighted by Gasteiger charge is -2.24. The highest BCUT2D eigenvalue weighted by molar-refractivity contribution is 8.18. The van der Waals surface area contributed by atoms with Crippen LogP contribution in [0.4, 0.5) is 10.5 Å². The van der Waals surface area contributed by atoms with Crippen LogP contribution < -0.4 is 14.4 Å². The lowest BCUT2D eigenvalue weighted by atomic mass is 10.2. The summed E-state index contributed by atoms with van der Waals surface area (Å²) in [5.41, 5.74) is 3.11. The molecule has 3 amide bonds. The Morgan fingerprint density at radius 2 is 1.56 bits per heavy atom. The van der Waals surface area contributed by atoms with Crippen LogP contribution in [-0.4, -0.2) is 57.1 Å². The monoisotopic (exact) mass is 593 g/mol. The zero-order chi connectivity index (χ0) is 29.6. The number of rotatable bonds is 11. The largest absolute Gasteiger partial charge is 0.497 e. The molecule has 1 N–H and O–H groups in total. The van der Waals surface area contributed by atoms with E-state index in [2.05, 4.69) is 5.32 Å². The molecule has 3 aromatic carbocycles. The van der Waals surface area contributed by atoms with E-state index in [0.717, 1.165) is 33.4 Å². The summed E-state index contributed by atoms with van der Waals surface area (Å²) >= 11 is 0.841. The third-order valence-corrected chi connectivity index (χ3v) is 9.17. The molecule has 0 spiro atoms. The number of amides is 3. The second kappa shape index (κ2) is 13.0. The minimum Gasteiger partial charge on any atom is -0.497 e. The van der Waals surface area contributed by atoms with Crippen molar-refractivity contribution in [2.24, 2.45) is 0 Å². The fourth-order valence-corrected chi connectivity index (χ4v) is 6.41. The lowest BCUT2D eigenvalue weighted by Crippen LogP contribution is -2.39. The van der Waals surface area contributed by atoms with Crippen molar-refractivity contribution in [3.63, 3.8) is 0 Å². The van der Waals surface area contributed by atoms with Gasteiger partial charge in [0, 0.05) is 26.1 Å². The molecule has 1 fully saturated rings. The SMILES string of the molecule is COc1ccc(C=C2SC(=O)N(CCNC(=O)CCN(c3ccc(C)cc3)S(=O)(=O)c3ccc(C)cc3)C2=O)cc1. The van der Waals surface area contributed by atoms with E-state index in [9.17, 15) is 22.8 Å². The topological polar surface area (TPSA) is 113 Å². The molecule has 0 radical (unpaired) electrons. The molecular weight excluding hydrogens is 562 g/mol. The first-order valence-corrected chi connectivity index (χ1v) is 15.2. The average molecular weight is 594 g/mol. The number of methoxy groups -OCH3 is 1. The number of hydrogen-bond acceptors (Lipinski definition) is 7. The van der Waals surface area contributed by atoms with Crippen LogP contribution in [-0.2, 0) is 19.6 Å². The second-order valence-corrected chi connectivity index (χ2v) is 12.3. The number of nitrogens with zero attached hydrogens (tertiary/aromatic N) is 2. The number of benzene rings is 3. The Morgan fingerprint density at radius 3 is 2.17 bits per heavy atom. The van der Waals surface area contributed by atoms with E-state index in [4.69, 9.17) is 4.74 Å². The van der Waals surface area contributed by atoms with Gasteiger partial charge in [0.2, 0.25) is 5.91 Å². The molecule has 1 aliphatic rings. The van der Waals surface area contributed by atoms with E-state index in [1.807, 2.05) is 26.0 Å². The first kappa shape index (κ1) is 29.9. The van der Waals surface area contributed by atoms with Gasteiger partial charge in [-0.1, -0.05) is 47.5 Å². The highest BCUT2D eigenvalue weighted by Gasteiger charge is 2.34. The molecule has 0 aromatic heterocycles. The Kier molecular flexibility index (Phi) is 9.51. The second-order valence-electron chi connectivity index (χ2n) is 9.43. The summed E-state index contributed by atoms with van der Waals surface area (Å²) in [5.74, 6) is -0.150. The van der Waals surface area contributed by atoms with Crippen molar-refractivity contribution in [3.8, 4) is 5.75 Å². The Morgan fingerprint density at radius 1 is 0.951 bits per heavy atom. The molecule has 214 valence electrons. The number of nitrogens with one attached hydrogen (secondary N) is 1. The van der Waals surface area contributed by atoms with Crippen molar-refractivity contribution >= 4 is 50.6 Å². The van der Waals surface area contributed by atoms with Crippen molar-refractivity contribution in [1.29, 1.82) is 0 Å². The van der Waals surface area contributed by atoms with Gasteiger partial charge < -0.3 is 10.1 Å². The summed E-state index contributed by atoms with van der Waals surface area (Å²) in [5, 5.41) is 2.28. The van der Waals surface area contributed by atoms with Gasteiger partial charge in [0.1, 0.15) is 5.75 Å². The molecule has 0 unspecified atom stereocenters. The van der Waals surface area contributed by atoms with Crippen LogP contribution in [0.5, 0.6) is 5.75 Å². The van der Waals surface area contributed by atoms with Gasteiger partial charge in [0.05, 0.1) is 22.6 Å². The maximum absolute atomic E-state index is 13.5. The molecule has 0 aliphatic carbocycles. The summed E-state index contributed by atoms with van der Waals surface area (Å²) in [6.45, 7) is 3.74. The summed E-state index contributed by atoms with van der Waals surface area (Å²) in [7, 11) is -2.36. The maximum atomic E-state index is 13.5. The molecule has 3 aromatic rings. The van der Waals surface area contributed by atoms with E-state index >= 15 is 0 Å². The number of hydrogen-bond donors (Lipinski definition) is 1. The number of anilines is 1. The maximum Gasteiger partial charge on any atom is 0.293 e. The number of ether oxygens (including phenoxy) is 1. The number of carbonyl (C=O) groups excluding carboxylic acids is 3. The first-order valence-electron chi connectivity index (χ1n) is 12.9. The van der Waals surface area contributed by atoms with Crippen LogP contribution in [0.3, 0.4) is 0 Å². The van der Waals surface area contributed by atoms with Gasteiger partial charge in [-0.15, -0.1) is 0 Å². The normalized spacial score (nSPS) is 14.4. The zero-order valence-electron chi connectivity index (χ0n) is 23.0. The van der Waals surface area contributed by atoms with Crippen LogP contribution in [0.1, 0.15) is 23.1 Å². The Bertz CT molecular complexity index is 1550. The van der Waals surface area contributed by atoms with E-state index in [0.29, 0.717) is 16.3 Å². The quantitative estimate of drug-likeness (QED) is 0.319. The molecule has 1 aliphatic heterocycles. The van der Waals surface area contributed by atoms with Gasteiger partial charge in [-0.3, -0.25) is 23.6 Å². The minimum absolute atomic E-state index is 0.000297. The summed E-state index contributed by atoms with van der Waals surface area (Å²) in [4.78, 5) is 39.4. The van der Waals surface area contributed by atoms with E-state index in [1.165, 1.54) is 4.31 Å². The van der Waals surface area contributed by atoms with E-state index in [1.54, 1.807) is 73.8 Å². The van der Waals surface area contributed by atoms with Crippen molar-refractivity contribution < 1.29 is 27.5 Å². The standard InChI is InChI=1S/C30H31N3O6S2/c1-21-4-10-24(11-5-21)33(41(37,38)26-14-6-22(2)7-15-26)18-16-28(34)31-17-19-32-29(35)27(40-30(32)36)20-23-8-12-25(39-3)13-9-23/h4-15,20H,16-19H2,1-3H3,(H,31,34). The Hall–Kier alpha value is -4.09. The van der Waals surface area contributed by atoms with Crippen molar-refractivity contribution in [2.45, 2.75) is 25.2 Å². The fraction of sp³-hybridized carbons (Fsp3) is 0.233. The lowest BCUT2D eigenvalue weighted by molar-refractivity contribution is -0.124. The van der Waals surface area contributed by atoms with E-state index in [-0.39, 0.29) is 31.0 Å². The summed E-state index contributed by atoms with van der Waals surface area (Å²) < 4.78 is 33.3. The smallest absolute Gasteiger partial charge is 0.293 e. The molecule has 41 heavy (non-hydrogen) atoms. The first-order chi connectivity index (χ1) is 19.6. The van der Waals surface area contributed by atoms with Crippen LogP contribution in [0.15, 0.2) is 82.6 Å². The molecule has 0 atom stereocenters. The highest BCUT2D eigenvalue weighted by atomic mass is 32.2.